The standard InChI is InChI=1S/C40H46O11/c1-5-37(41)47-24-22-45-20-21-46-23-25-48-40(44)50-34-17-13-32(14-18-34)38(42)49-33-15-11-30(12-16-33)29-7-9-31(10-8-29)39(43)51-36-26-28(4)6-19-35(36)27(2)3/h5,7-18,27-28,35-36H,1,6,19-26H2,2-4H3. The van der Waals surface area contributed by atoms with E-state index in [0.29, 0.717) is 29.1 Å². The topological polar surface area (TPSA) is 133 Å². The molecule has 0 aromatic heterocycles. The summed E-state index contributed by atoms with van der Waals surface area (Å²) in [7, 11) is 0. The first-order valence-electron chi connectivity index (χ1n) is 17.2. The van der Waals surface area contributed by atoms with Gasteiger partial charge < -0.3 is 33.2 Å². The molecule has 3 aromatic rings. The largest absolute Gasteiger partial charge is 0.513 e. The quantitative estimate of drug-likeness (QED) is 0.0346. The predicted molar refractivity (Wildman–Crippen MR) is 189 cm³/mol. The highest BCUT2D eigenvalue weighted by Crippen LogP contribution is 2.36. The van der Waals surface area contributed by atoms with Crippen molar-refractivity contribution in [1.82, 2.24) is 0 Å². The lowest BCUT2D eigenvalue weighted by atomic mass is 9.75. The Morgan fingerprint density at radius 3 is 1.80 bits per heavy atom. The number of carbonyl (C=O) groups excluding carboxylic acids is 4. The van der Waals surface area contributed by atoms with Crippen molar-refractivity contribution in [3.05, 3.63) is 96.6 Å². The molecule has 0 radical (unpaired) electrons. The summed E-state index contributed by atoms with van der Waals surface area (Å²) in [6.07, 6.45) is 3.25. The Bertz CT molecular complexity index is 1580. The van der Waals surface area contributed by atoms with Gasteiger partial charge in [0.05, 0.1) is 37.6 Å². The molecule has 1 aliphatic rings. The van der Waals surface area contributed by atoms with E-state index in [2.05, 4.69) is 27.4 Å². The van der Waals surface area contributed by atoms with E-state index in [-0.39, 0.29) is 63.0 Å². The zero-order chi connectivity index (χ0) is 36.6. The molecule has 1 aliphatic carbocycles. The van der Waals surface area contributed by atoms with Gasteiger partial charge in [-0.1, -0.05) is 58.0 Å². The predicted octanol–water partition coefficient (Wildman–Crippen LogP) is 7.47. The minimum absolute atomic E-state index is 0.0301. The Hall–Kier alpha value is -5.00. The molecule has 1 saturated carbocycles. The Labute approximate surface area is 298 Å². The molecule has 3 atom stereocenters. The van der Waals surface area contributed by atoms with Crippen molar-refractivity contribution in [2.24, 2.45) is 17.8 Å². The maximum Gasteiger partial charge on any atom is 0.513 e. The average Bonchev–Trinajstić information content (AvgIpc) is 3.12. The van der Waals surface area contributed by atoms with E-state index in [4.69, 9.17) is 33.2 Å². The second kappa shape index (κ2) is 20.0. The highest BCUT2D eigenvalue weighted by Gasteiger charge is 2.33. The van der Waals surface area contributed by atoms with Gasteiger partial charge in [0.1, 0.15) is 30.8 Å². The Morgan fingerprint density at radius 1 is 0.686 bits per heavy atom. The van der Waals surface area contributed by atoms with Gasteiger partial charge in [0.15, 0.2) is 0 Å². The minimum Gasteiger partial charge on any atom is -0.460 e. The van der Waals surface area contributed by atoms with Crippen LogP contribution in [-0.4, -0.2) is 69.8 Å². The molecular formula is C40H46O11. The van der Waals surface area contributed by atoms with Crippen molar-refractivity contribution in [2.45, 2.75) is 46.1 Å². The summed E-state index contributed by atoms with van der Waals surface area (Å²) in [5, 5.41) is 0. The van der Waals surface area contributed by atoms with Crippen molar-refractivity contribution < 1.29 is 52.3 Å². The molecule has 11 heteroatoms. The average molecular weight is 703 g/mol. The molecule has 272 valence electrons. The number of benzene rings is 3. The number of hydrogen-bond donors (Lipinski definition) is 0. The number of carbonyl (C=O) groups is 4. The maximum atomic E-state index is 13.0. The summed E-state index contributed by atoms with van der Waals surface area (Å²) in [5.74, 6) is 0.558. The lowest BCUT2D eigenvalue weighted by molar-refractivity contribution is -0.139. The summed E-state index contributed by atoms with van der Waals surface area (Å²) >= 11 is 0. The molecule has 3 unspecified atom stereocenters. The number of ether oxygens (including phenoxy) is 7. The first-order valence-corrected chi connectivity index (χ1v) is 17.2. The zero-order valence-electron chi connectivity index (χ0n) is 29.4. The molecule has 4 rings (SSSR count). The van der Waals surface area contributed by atoms with E-state index < -0.39 is 18.1 Å². The van der Waals surface area contributed by atoms with Crippen LogP contribution in [0.3, 0.4) is 0 Å². The van der Waals surface area contributed by atoms with Gasteiger partial charge in [-0.25, -0.2) is 19.2 Å². The molecule has 0 amide bonds. The summed E-state index contributed by atoms with van der Waals surface area (Å²) < 4.78 is 36.9. The van der Waals surface area contributed by atoms with Gasteiger partial charge in [0.25, 0.3) is 0 Å². The summed E-state index contributed by atoms with van der Waals surface area (Å²) in [6, 6.07) is 20.2. The Balaban J connectivity index is 1.16. The maximum absolute atomic E-state index is 13.0. The molecule has 0 saturated heterocycles. The summed E-state index contributed by atoms with van der Waals surface area (Å²) in [5.41, 5.74) is 2.58. The molecule has 0 aliphatic heterocycles. The molecule has 0 bridgehead atoms. The fraction of sp³-hybridized carbons (Fsp3) is 0.400. The zero-order valence-corrected chi connectivity index (χ0v) is 29.4. The fourth-order valence-electron chi connectivity index (χ4n) is 5.69. The molecule has 1 fully saturated rings. The third kappa shape index (κ3) is 12.7. The van der Waals surface area contributed by atoms with Crippen molar-refractivity contribution in [3.63, 3.8) is 0 Å². The van der Waals surface area contributed by atoms with Crippen LogP contribution in [-0.2, 0) is 28.5 Å². The monoisotopic (exact) mass is 702 g/mol. The van der Waals surface area contributed by atoms with Crippen molar-refractivity contribution in [2.75, 3.05) is 39.6 Å². The van der Waals surface area contributed by atoms with Crippen molar-refractivity contribution >= 4 is 24.1 Å². The lowest BCUT2D eigenvalue weighted by Crippen LogP contribution is -2.35. The smallest absolute Gasteiger partial charge is 0.460 e. The van der Waals surface area contributed by atoms with Crippen LogP contribution in [0.4, 0.5) is 4.79 Å². The third-order valence-electron chi connectivity index (χ3n) is 8.49. The highest BCUT2D eigenvalue weighted by molar-refractivity contribution is 5.91. The van der Waals surface area contributed by atoms with E-state index >= 15 is 0 Å². The normalized spacial score (nSPS) is 16.9. The molecule has 0 spiro atoms. The Morgan fingerprint density at radius 2 is 1.20 bits per heavy atom. The molecule has 0 N–H and O–H groups in total. The van der Waals surface area contributed by atoms with E-state index in [1.807, 2.05) is 24.3 Å². The van der Waals surface area contributed by atoms with Crippen molar-refractivity contribution in [3.8, 4) is 22.6 Å². The second-order valence-electron chi connectivity index (χ2n) is 12.6. The first kappa shape index (κ1) is 38.8. The lowest BCUT2D eigenvalue weighted by Gasteiger charge is -2.36. The van der Waals surface area contributed by atoms with Crippen LogP contribution < -0.4 is 9.47 Å². The van der Waals surface area contributed by atoms with E-state index in [1.54, 1.807) is 24.3 Å². The summed E-state index contributed by atoms with van der Waals surface area (Å²) in [6.45, 7) is 10.9. The summed E-state index contributed by atoms with van der Waals surface area (Å²) in [4.78, 5) is 48.6. The van der Waals surface area contributed by atoms with Crippen LogP contribution >= 0.6 is 0 Å². The van der Waals surface area contributed by atoms with Gasteiger partial charge in [0, 0.05) is 6.08 Å². The highest BCUT2D eigenvalue weighted by atomic mass is 16.7. The van der Waals surface area contributed by atoms with E-state index in [0.717, 1.165) is 30.0 Å². The second-order valence-corrected chi connectivity index (χ2v) is 12.6. The fourth-order valence-corrected chi connectivity index (χ4v) is 5.69. The minimum atomic E-state index is -0.919. The van der Waals surface area contributed by atoms with Gasteiger partial charge in [-0.3, -0.25) is 0 Å². The van der Waals surface area contributed by atoms with Crippen molar-refractivity contribution in [1.29, 1.82) is 0 Å². The van der Waals surface area contributed by atoms with Gasteiger partial charge in [-0.15, -0.1) is 0 Å². The van der Waals surface area contributed by atoms with E-state index in [9.17, 15) is 19.2 Å². The Kier molecular flexibility index (Phi) is 15.2. The third-order valence-corrected chi connectivity index (χ3v) is 8.49. The molecule has 3 aromatic carbocycles. The van der Waals surface area contributed by atoms with Gasteiger partial charge in [0.2, 0.25) is 0 Å². The van der Waals surface area contributed by atoms with Crippen LogP contribution in [0.25, 0.3) is 11.1 Å². The van der Waals surface area contributed by atoms with Crippen LogP contribution in [0.2, 0.25) is 0 Å². The molecular weight excluding hydrogens is 656 g/mol. The van der Waals surface area contributed by atoms with Crippen LogP contribution in [0.15, 0.2) is 85.5 Å². The number of rotatable bonds is 17. The SMILES string of the molecule is C=CC(=O)OCCOCCOCCOC(=O)Oc1ccc(C(=O)Oc2ccc(-c3ccc(C(=O)OC4CC(C)CCC4C(C)C)cc3)cc2)cc1. The van der Waals surface area contributed by atoms with Crippen LogP contribution in [0.5, 0.6) is 11.5 Å². The van der Waals surface area contributed by atoms with Gasteiger partial charge >= 0.3 is 24.1 Å². The first-order chi connectivity index (χ1) is 24.6. The molecule has 11 nitrogen and oxygen atoms in total. The van der Waals surface area contributed by atoms with Gasteiger partial charge in [-0.05, 0) is 90.3 Å². The molecule has 0 heterocycles. The molecule has 51 heavy (non-hydrogen) atoms. The number of hydrogen-bond acceptors (Lipinski definition) is 11. The van der Waals surface area contributed by atoms with E-state index in [1.165, 1.54) is 30.7 Å². The van der Waals surface area contributed by atoms with Gasteiger partial charge in [-0.2, -0.15) is 0 Å². The van der Waals surface area contributed by atoms with Crippen LogP contribution in [0, 0.1) is 17.8 Å². The number of esters is 3. The van der Waals surface area contributed by atoms with Crippen LogP contribution in [0.1, 0.15) is 60.7 Å².